The molecule has 15 heteroatoms. The van der Waals surface area contributed by atoms with E-state index in [-0.39, 0.29) is 42.8 Å². The summed E-state index contributed by atoms with van der Waals surface area (Å²) >= 11 is 0. The van der Waals surface area contributed by atoms with Gasteiger partial charge in [-0.3, -0.25) is 0 Å². The summed E-state index contributed by atoms with van der Waals surface area (Å²) < 4.78 is 63.6. The van der Waals surface area contributed by atoms with Crippen LogP contribution in [0.25, 0.3) is 11.0 Å². The Labute approximate surface area is 339 Å². The lowest BCUT2D eigenvalue weighted by Gasteiger charge is -2.39. The van der Waals surface area contributed by atoms with Gasteiger partial charge in [-0.25, -0.2) is 18.5 Å². The third-order valence-corrected chi connectivity index (χ3v) is 12.1. The fourth-order valence-corrected chi connectivity index (χ4v) is 9.02. The van der Waals surface area contributed by atoms with E-state index in [2.05, 4.69) is 16.4 Å². The molecular formula is C43H49FN5O8P. The molecule has 1 fully saturated rings. The molecule has 0 saturated carbocycles. The summed E-state index contributed by atoms with van der Waals surface area (Å²) in [7, 11) is 2.57. The Balaban J connectivity index is 1.47. The average molecular weight is 814 g/mol. The van der Waals surface area contributed by atoms with Gasteiger partial charge in [-0.15, -0.1) is 5.10 Å². The van der Waals surface area contributed by atoms with E-state index < -0.39 is 44.7 Å². The largest absolute Gasteiger partial charge is 0.497 e. The van der Waals surface area contributed by atoms with E-state index >= 15 is 4.39 Å². The predicted octanol–water partition coefficient (Wildman–Crippen LogP) is 8.14. The smallest absolute Gasteiger partial charge is 0.340 e. The first kappa shape index (κ1) is 42.6. The van der Waals surface area contributed by atoms with Crippen LogP contribution in [0.3, 0.4) is 0 Å². The Bertz CT molecular complexity index is 2090. The summed E-state index contributed by atoms with van der Waals surface area (Å²) in [5.41, 5.74) is 1.89. The van der Waals surface area contributed by atoms with Gasteiger partial charge in [0.1, 0.15) is 34.8 Å². The molecule has 0 bridgehead atoms. The van der Waals surface area contributed by atoms with E-state index in [4.69, 9.17) is 32.7 Å². The van der Waals surface area contributed by atoms with Gasteiger partial charge in [-0.1, -0.05) is 65.9 Å². The van der Waals surface area contributed by atoms with Gasteiger partial charge in [-0.2, -0.15) is 5.26 Å². The van der Waals surface area contributed by atoms with Crippen molar-refractivity contribution in [1.82, 2.24) is 19.7 Å². The van der Waals surface area contributed by atoms with Crippen molar-refractivity contribution in [2.75, 3.05) is 34.5 Å². The van der Waals surface area contributed by atoms with Crippen molar-refractivity contribution in [3.8, 4) is 17.6 Å². The van der Waals surface area contributed by atoms with Crippen molar-refractivity contribution >= 4 is 25.5 Å². The molecule has 1 saturated heterocycles. The van der Waals surface area contributed by atoms with Crippen LogP contribution in [0.2, 0.25) is 0 Å². The average Bonchev–Trinajstić information content (AvgIpc) is 3.81. The zero-order valence-corrected chi connectivity index (χ0v) is 34.5. The molecule has 0 spiro atoms. The zero-order chi connectivity index (χ0) is 41.4. The fourth-order valence-electron chi connectivity index (χ4n) is 7.26. The number of carbonyl (C=O) groups is 1. The number of rotatable bonds is 18. The van der Waals surface area contributed by atoms with E-state index in [1.165, 1.54) is 11.8 Å². The second-order valence-corrected chi connectivity index (χ2v) is 15.5. The Morgan fingerprint density at radius 3 is 2.05 bits per heavy atom. The van der Waals surface area contributed by atoms with E-state index in [0.717, 1.165) is 16.7 Å². The van der Waals surface area contributed by atoms with Crippen LogP contribution < -0.4 is 9.47 Å². The number of carbonyl (C=O) groups excluding carboxylic acids is 1. The number of fused-ring (bicyclic) bond motifs is 1. The van der Waals surface area contributed by atoms with Crippen LogP contribution in [-0.4, -0.2) is 90.6 Å². The van der Waals surface area contributed by atoms with Crippen molar-refractivity contribution in [2.24, 2.45) is 0 Å². The van der Waals surface area contributed by atoms with Gasteiger partial charge in [0.25, 0.3) is 8.53 Å². The number of nitrogens with zero attached hydrogens (tertiary/aromatic N) is 5. The van der Waals surface area contributed by atoms with E-state index in [0.29, 0.717) is 17.0 Å². The number of methoxy groups -OCH3 is 3. The van der Waals surface area contributed by atoms with Gasteiger partial charge in [0.05, 0.1) is 58.1 Å². The minimum Gasteiger partial charge on any atom is -0.497 e. The number of benzene rings is 4. The Hall–Kier alpha value is -5.00. The molecule has 1 unspecified atom stereocenters. The third kappa shape index (κ3) is 8.71. The molecule has 0 aliphatic carbocycles. The van der Waals surface area contributed by atoms with Gasteiger partial charge in [0, 0.05) is 12.1 Å². The maximum atomic E-state index is 17.5. The first-order chi connectivity index (χ1) is 28.1. The number of halogens is 1. The summed E-state index contributed by atoms with van der Waals surface area (Å²) in [5.74, 6) is 0.721. The van der Waals surface area contributed by atoms with Crippen LogP contribution >= 0.6 is 8.53 Å². The number of hydrogen-bond acceptors (Lipinski definition) is 12. The number of esters is 1. The van der Waals surface area contributed by atoms with Crippen LogP contribution in [0, 0.1) is 11.3 Å². The maximum absolute atomic E-state index is 17.5. The van der Waals surface area contributed by atoms with Crippen molar-refractivity contribution in [3.05, 3.63) is 119 Å². The molecule has 1 aliphatic heterocycles. The standard InChI is InChI=1S/C43H49FN5O8P/c1-28(2)49(29(3)4)58(55-26-12-25-45)57-40-37(56-41(38(40)44)48-36-16-11-15-35(42(50)53-7)39(36)46-47-48)27-54-43(30-13-9-8-10-14-30,31-17-21-33(51-5)22-18-31)32-19-23-34(52-6)24-20-32/h8-11,13-24,28-29,37-38,40-41H,12,26-27H2,1-7H3/t37-,38-,40-,41-,58?/m1/s1. The Kier molecular flexibility index (Phi) is 14.1. The quantitative estimate of drug-likeness (QED) is 0.0365. The van der Waals surface area contributed by atoms with Crippen molar-refractivity contribution in [3.63, 3.8) is 0 Å². The number of alkyl halides is 1. The second-order valence-electron chi connectivity index (χ2n) is 14.1. The molecule has 0 radical (unpaired) electrons. The number of ether oxygens (including phenoxy) is 5. The van der Waals surface area contributed by atoms with E-state index in [1.54, 1.807) is 32.4 Å². The highest BCUT2D eigenvalue weighted by atomic mass is 31.2. The summed E-state index contributed by atoms with van der Waals surface area (Å²) in [5, 5.41) is 17.9. The zero-order valence-electron chi connectivity index (χ0n) is 33.7. The molecule has 0 N–H and O–H groups in total. The van der Waals surface area contributed by atoms with Crippen LogP contribution in [0.5, 0.6) is 11.5 Å². The Morgan fingerprint density at radius 2 is 1.50 bits per heavy atom. The highest BCUT2D eigenvalue weighted by Gasteiger charge is 2.52. The molecule has 58 heavy (non-hydrogen) atoms. The van der Waals surface area contributed by atoms with Crippen LogP contribution in [0.1, 0.15) is 67.4 Å². The van der Waals surface area contributed by atoms with Crippen molar-refractivity contribution < 1.29 is 41.9 Å². The van der Waals surface area contributed by atoms with Crippen LogP contribution in [0.15, 0.2) is 97.1 Å². The first-order valence-electron chi connectivity index (χ1n) is 19.0. The normalized spacial score (nSPS) is 18.8. The summed E-state index contributed by atoms with van der Waals surface area (Å²) in [6.07, 6.45) is -5.32. The molecule has 306 valence electrons. The molecule has 4 aromatic carbocycles. The highest BCUT2D eigenvalue weighted by molar-refractivity contribution is 7.44. The third-order valence-electron chi connectivity index (χ3n) is 9.93. The predicted molar refractivity (Wildman–Crippen MR) is 216 cm³/mol. The lowest BCUT2D eigenvalue weighted by Crippen LogP contribution is -2.41. The molecule has 2 heterocycles. The molecule has 5 aromatic rings. The minimum absolute atomic E-state index is 0.0500. The highest BCUT2D eigenvalue weighted by Crippen LogP contribution is 2.51. The molecule has 1 aromatic heterocycles. The molecule has 0 amide bonds. The van der Waals surface area contributed by atoms with Gasteiger partial charge in [0.2, 0.25) is 0 Å². The van der Waals surface area contributed by atoms with E-state index in [1.807, 2.05) is 111 Å². The van der Waals surface area contributed by atoms with Gasteiger partial charge >= 0.3 is 5.97 Å². The van der Waals surface area contributed by atoms with E-state index in [9.17, 15) is 10.1 Å². The molecule has 5 atom stereocenters. The summed E-state index contributed by atoms with van der Waals surface area (Å²) in [6.45, 7) is 7.94. The second kappa shape index (κ2) is 19.2. The van der Waals surface area contributed by atoms with Gasteiger partial charge in [0.15, 0.2) is 12.4 Å². The number of aromatic nitrogens is 3. The summed E-state index contributed by atoms with van der Waals surface area (Å²) in [6, 6.07) is 31.9. The van der Waals surface area contributed by atoms with Crippen molar-refractivity contribution in [1.29, 1.82) is 5.26 Å². The monoisotopic (exact) mass is 813 g/mol. The lowest BCUT2D eigenvalue weighted by molar-refractivity contribution is -0.0943. The number of nitriles is 1. The lowest BCUT2D eigenvalue weighted by atomic mass is 9.80. The van der Waals surface area contributed by atoms with Gasteiger partial charge < -0.3 is 32.7 Å². The van der Waals surface area contributed by atoms with Crippen LogP contribution in [-0.2, 0) is 28.9 Å². The first-order valence-corrected chi connectivity index (χ1v) is 20.2. The molecule has 1 aliphatic rings. The SMILES string of the molecule is COC(=O)c1cccc2c1nnn2[C@@H]1O[C@H](COC(c2ccccc2)(c2ccc(OC)cc2)c2ccc(OC)cc2)[C@@H](OP(OCCC#N)N(C(C)C)C(C)C)[C@H]1F. The number of hydrogen-bond donors (Lipinski definition) is 0. The van der Waals surface area contributed by atoms with Crippen LogP contribution in [0.4, 0.5) is 4.39 Å². The molecule has 6 rings (SSSR count). The topological polar surface area (TPSA) is 139 Å². The van der Waals surface area contributed by atoms with Crippen molar-refractivity contribution in [2.45, 2.75) is 76.4 Å². The maximum Gasteiger partial charge on any atom is 0.340 e. The summed E-state index contributed by atoms with van der Waals surface area (Å²) in [4.78, 5) is 12.6. The Morgan fingerprint density at radius 1 is 0.897 bits per heavy atom. The minimum atomic E-state index is -1.92. The fraction of sp³-hybridized carbons (Fsp3) is 0.395. The van der Waals surface area contributed by atoms with Gasteiger partial charge in [-0.05, 0) is 80.8 Å². The molecule has 13 nitrogen and oxygen atoms in total. The molecular weight excluding hydrogens is 764 g/mol.